The van der Waals surface area contributed by atoms with Crippen molar-refractivity contribution in [1.82, 2.24) is 15.1 Å². The van der Waals surface area contributed by atoms with Crippen molar-refractivity contribution < 1.29 is 0 Å². The summed E-state index contributed by atoms with van der Waals surface area (Å²) in [5.74, 6) is 1.27. The second-order valence-corrected chi connectivity index (χ2v) is 6.61. The number of rotatable bonds is 7. The summed E-state index contributed by atoms with van der Waals surface area (Å²) in [4.78, 5) is 5.03. The molecule has 0 amide bonds. The maximum Gasteiger partial charge on any atom is 0.0278 e. The number of thioether (sulfide) groups is 1. The van der Waals surface area contributed by atoms with Crippen LogP contribution in [0.2, 0.25) is 0 Å². The van der Waals surface area contributed by atoms with Crippen LogP contribution in [0.4, 0.5) is 0 Å². The van der Waals surface area contributed by atoms with Crippen molar-refractivity contribution >= 4 is 11.8 Å². The van der Waals surface area contributed by atoms with Crippen molar-refractivity contribution in [1.29, 1.82) is 0 Å². The third kappa shape index (κ3) is 5.60. The number of likely N-dealkylation sites (N-methyl/N-ethyl adjacent to an activating group) is 1. The number of nitrogens with zero attached hydrogens (tertiary/aromatic N) is 2. The molecule has 1 N–H and O–H groups in total. The minimum absolute atomic E-state index is 0.292. The highest BCUT2D eigenvalue weighted by Crippen LogP contribution is 2.15. The molecule has 3 nitrogen and oxygen atoms in total. The fourth-order valence-electron chi connectivity index (χ4n) is 2.26. The molecule has 1 aliphatic heterocycles. The van der Waals surface area contributed by atoms with E-state index in [2.05, 4.69) is 42.3 Å². The van der Waals surface area contributed by atoms with Gasteiger partial charge in [0, 0.05) is 38.3 Å². The van der Waals surface area contributed by atoms with Crippen molar-refractivity contribution in [2.45, 2.75) is 25.8 Å². The van der Waals surface area contributed by atoms with E-state index in [1.165, 1.54) is 38.4 Å². The number of nitrogens with one attached hydrogen (secondary N) is 1. The zero-order chi connectivity index (χ0) is 12.7. The molecular formula is C13H29N3S. The van der Waals surface area contributed by atoms with E-state index < -0.39 is 0 Å². The van der Waals surface area contributed by atoms with Gasteiger partial charge in [-0.15, -0.1) is 0 Å². The molecule has 17 heavy (non-hydrogen) atoms. The van der Waals surface area contributed by atoms with Gasteiger partial charge in [-0.1, -0.05) is 0 Å². The second kappa shape index (κ2) is 7.62. The largest absolute Gasteiger partial charge is 0.315 e. The van der Waals surface area contributed by atoms with E-state index in [0.717, 1.165) is 13.1 Å². The van der Waals surface area contributed by atoms with E-state index in [0.29, 0.717) is 5.54 Å². The Morgan fingerprint density at radius 2 is 1.82 bits per heavy atom. The van der Waals surface area contributed by atoms with Crippen LogP contribution in [0.1, 0.15) is 20.3 Å². The summed E-state index contributed by atoms with van der Waals surface area (Å²) >= 11 is 1.93. The molecule has 0 aromatic heterocycles. The van der Waals surface area contributed by atoms with Crippen LogP contribution in [-0.2, 0) is 0 Å². The topological polar surface area (TPSA) is 18.5 Å². The highest BCUT2D eigenvalue weighted by atomic mass is 32.2. The van der Waals surface area contributed by atoms with Gasteiger partial charge in [-0.2, -0.15) is 11.8 Å². The molecule has 1 aliphatic rings. The SMILES string of the molecule is CSCCCNCC(C)(C)N1CCN(C)CC1. The van der Waals surface area contributed by atoms with E-state index >= 15 is 0 Å². The molecule has 0 unspecified atom stereocenters. The molecule has 0 saturated carbocycles. The van der Waals surface area contributed by atoms with Crippen molar-refractivity contribution in [3.8, 4) is 0 Å². The summed E-state index contributed by atoms with van der Waals surface area (Å²) in [6.45, 7) is 11.8. The Bertz CT molecular complexity index is 201. The molecule has 0 atom stereocenters. The summed E-state index contributed by atoms with van der Waals surface area (Å²) < 4.78 is 0. The van der Waals surface area contributed by atoms with Gasteiger partial charge in [-0.25, -0.2) is 0 Å². The molecule has 0 aliphatic carbocycles. The molecule has 0 aromatic rings. The Morgan fingerprint density at radius 3 is 2.41 bits per heavy atom. The van der Waals surface area contributed by atoms with Crippen LogP contribution in [0.15, 0.2) is 0 Å². The third-order valence-electron chi connectivity index (χ3n) is 3.62. The molecule has 1 heterocycles. The lowest BCUT2D eigenvalue weighted by atomic mass is 10.0. The number of hydrogen-bond donors (Lipinski definition) is 1. The van der Waals surface area contributed by atoms with Gasteiger partial charge < -0.3 is 10.2 Å². The second-order valence-electron chi connectivity index (χ2n) is 5.63. The predicted octanol–water partition coefficient (Wildman–Crippen LogP) is 1.36. The first kappa shape index (κ1) is 15.3. The molecular weight excluding hydrogens is 230 g/mol. The van der Waals surface area contributed by atoms with Gasteiger partial charge in [0.15, 0.2) is 0 Å². The van der Waals surface area contributed by atoms with E-state index in [1.54, 1.807) is 0 Å². The molecule has 0 spiro atoms. The summed E-state index contributed by atoms with van der Waals surface area (Å²) in [5, 5.41) is 3.60. The third-order valence-corrected chi connectivity index (χ3v) is 4.32. The molecule has 1 fully saturated rings. The summed E-state index contributed by atoms with van der Waals surface area (Å²) in [5.41, 5.74) is 0.292. The smallest absolute Gasteiger partial charge is 0.0278 e. The van der Waals surface area contributed by atoms with Gasteiger partial charge in [0.2, 0.25) is 0 Å². The lowest BCUT2D eigenvalue weighted by Gasteiger charge is -2.43. The fourth-order valence-corrected chi connectivity index (χ4v) is 2.69. The summed E-state index contributed by atoms with van der Waals surface area (Å²) in [6, 6.07) is 0. The standard InChI is InChI=1S/C13H29N3S/c1-13(2,12-14-6-5-11-17-4)16-9-7-15(3)8-10-16/h14H,5-12H2,1-4H3. The van der Waals surface area contributed by atoms with Crippen LogP contribution in [0, 0.1) is 0 Å². The maximum atomic E-state index is 3.60. The zero-order valence-electron chi connectivity index (χ0n) is 12.0. The Labute approximate surface area is 111 Å². The summed E-state index contributed by atoms with van der Waals surface area (Å²) in [7, 11) is 2.21. The molecule has 0 radical (unpaired) electrons. The van der Waals surface area contributed by atoms with Crippen LogP contribution < -0.4 is 5.32 Å². The van der Waals surface area contributed by atoms with Crippen molar-refractivity contribution in [3.63, 3.8) is 0 Å². The Hall–Kier alpha value is 0.230. The molecule has 102 valence electrons. The van der Waals surface area contributed by atoms with E-state index in [1.807, 2.05) is 11.8 Å². The van der Waals surface area contributed by atoms with Gasteiger partial charge >= 0.3 is 0 Å². The average molecular weight is 259 g/mol. The predicted molar refractivity (Wildman–Crippen MR) is 79.0 cm³/mol. The Balaban J connectivity index is 2.20. The molecule has 0 aromatic carbocycles. The van der Waals surface area contributed by atoms with E-state index in [9.17, 15) is 0 Å². The van der Waals surface area contributed by atoms with Crippen LogP contribution in [0.5, 0.6) is 0 Å². The van der Waals surface area contributed by atoms with E-state index in [4.69, 9.17) is 0 Å². The molecule has 1 rings (SSSR count). The van der Waals surface area contributed by atoms with Crippen molar-refractivity contribution in [2.24, 2.45) is 0 Å². The van der Waals surface area contributed by atoms with Gasteiger partial charge in [-0.3, -0.25) is 4.90 Å². The Morgan fingerprint density at radius 1 is 1.18 bits per heavy atom. The highest BCUT2D eigenvalue weighted by molar-refractivity contribution is 7.98. The minimum Gasteiger partial charge on any atom is -0.315 e. The van der Waals surface area contributed by atoms with Crippen LogP contribution in [0.3, 0.4) is 0 Å². The zero-order valence-corrected chi connectivity index (χ0v) is 12.8. The van der Waals surface area contributed by atoms with Crippen LogP contribution in [-0.4, -0.2) is 73.7 Å². The lowest BCUT2D eigenvalue weighted by molar-refractivity contribution is 0.0621. The van der Waals surface area contributed by atoms with Gasteiger partial charge in [0.25, 0.3) is 0 Å². The van der Waals surface area contributed by atoms with Crippen LogP contribution >= 0.6 is 11.8 Å². The normalized spacial score (nSPS) is 19.8. The van der Waals surface area contributed by atoms with E-state index in [-0.39, 0.29) is 0 Å². The van der Waals surface area contributed by atoms with Gasteiger partial charge in [0.1, 0.15) is 0 Å². The maximum absolute atomic E-state index is 3.60. The highest BCUT2D eigenvalue weighted by Gasteiger charge is 2.28. The van der Waals surface area contributed by atoms with Crippen LogP contribution in [0.25, 0.3) is 0 Å². The molecule has 1 saturated heterocycles. The minimum atomic E-state index is 0.292. The monoisotopic (exact) mass is 259 g/mol. The quantitative estimate of drug-likeness (QED) is 0.696. The van der Waals surface area contributed by atoms with Crippen molar-refractivity contribution in [2.75, 3.05) is 58.3 Å². The number of hydrogen-bond acceptors (Lipinski definition) is 4. The molecule has 4 heteroatoms. The van der Waals surface area contributed by atoms with Crippen molar-refractivity contribution in [3.05, 3.63) is 0 Å². The van der Waals surface area contributed by atoms with Gasteiger partial charge in [0.05, 0.1) is 0 Å². The first-order valence-corrected chi connectivity index (χ1v) is 8.09. The average Bonchev–Trinajstić information content (AvgIpc) is 2.29. The first-order chi connectivity index (χ1) is 8.06. The number of piperazine rings is 1. The lowest BCUT2D eigenvalue weighted by Crippen LogP contribution is -2.57. The molecule has 0 bridgehead atoms. The first-order valence-electron chi connectivity index (χ1n) is 6.69. The fraction of sp³-hybridized carbons (Fsp3) is 1.00. The summed E-state index contributed by atoms with van der Waals surface area (Å²) in [6.07, 6.45) is 3.45. The Kier molecular flexibility index (Phi) is 6.85. The van der Waals surface area contributed by atoms with Gasteiger partial charge in [-0.05, 0) is 45.9 Å².